The van der Waals surface area contributed by atoms with Gasteiger partial charge in [-0.1, -0.05) is 12.1 Å². The van der Waals surface area contributed by atoms with Gasteiger partial charge in [0.25, 0.3) is 0 Å². The fourth-order valence-corrected chi connectivity index (χ4v) is 2.93. The third-order valence-electron chi connectivity index (χ3n) is 4.42. The number of rotatable bonds is 2. The van der Waals surface area contributed by atoms with E-state index in [0.717, 1.165) is 24.3 Å². The van der Waals surface area contributed by atoms with Crippen LogP contribution < -0.4 is 10.2 Å². The predicted octanol–water partition coefficient (Wildman–Crippen LogP) is 3.13. The van der Waals surface area contributed by atoms with Crippen LogP contribution in [-0.4, -0.2) is 42.9 Å². The number of anilines is 2. The average molecular weight is 395 g/mol. The zero-order valence-electron chi connectivity index (χ0n) is 14.7. The maximum Gasteiger partial charge on any atom is 0.416 e. The molecule has 2 aromatic rings. The van der Waals surface area contributed by atoms with E-state index in [2.05, 4.69) is 5.32 Å². The largest absolute Gasteiger partial charge is 0.416 e. The number of nitrogens with zero attached hydrogens (tertiary/aromatic N) is 2. The summed E-state index contributed by atoms with van der Waals surface area (Å²) in [6, 6.07) is 10.1. The fourth-order valence-electron chi connectivity index (χ4n) is 2.93. The Labute approximate surface area is 158 Å². The van der Waals surface area contributed by atoms with Crippen molar-refractivity contribution in [2.45, 2.75) is 6.18 Å². The number of piperazine rings is 1. The Morgan fingerprint density at radius 2 is 1.50 bits per heavy atom. The summed E-state index contributed by atoms with van der Waals surface area (Å²) in [5.74, 6) is -2.07. The van der Waals surface area contributed by atoms with Crippen molar-refractivity contribution in [3.05, 3.63) is 59.9 Å². The second-order valence-electron chi connectivity index (χ2n) is 6.26. The predicted molar refractivity (Wildman–Crippen MR) is 95.3 cm³/mol. The summed E-state index contributed by atoms with van der Waals surface area (Å²) in [7, 11) is 0. The van der Waals surface area contributed by atoms with Crippen molar-refractivity contribution in [3.63, 3.8) is 0 Å². The summed E-state index contributed by atoms with van der Waals surface area (Å²) in [4.78, 5) is 27.5. The third-order valence-corrected chi connectivity index (χ3v) is 4.42. The van der Waals surface area contributed by atoms with Gasteiger partial charge in [-0.15, -0.1) is 0 Å². The Kier molecular flexibility index (Phi) is 5.53. The SMILES string of the molecule is O=C(Nc1ccc(C(F)(F)F)cc1)C(=O)N1CCN(c2ccccc2F)CC1. The van der Waals surface area contributed by atoms with Crippen molar-refractivity contribution in [3.8, 4) is 0 Å². The molecule has 1 aliphatic rings. The van der Waals surface area contributed by atoms with Crippen molar-refractivity contribution in [2.24, 2.45) is 0 Å². The van der Waals surface area contributed by atoms with Gasteiger partial charge in [-0.05, 0) is 36.4 Å². The molecule has 9 heteroatoms. The molecular formula is C19H17F4N3O2. The van der Waals surface area contributed by atoms with Gasteiger partial charge >= 0.3 is 18.0 Å². The zero-order chi connectivity index (χ0) is 20.3. The van der Waals surface area contributed by atoms with E-state index in [4.69, 9.17) is 0 Å². The number of para-hydroxylation sites is 1. The van der Waals surface area contributed by atoms with E-state index in [0.29, 0.717) is 18.8 Å². The van der Waals surface area contributed by atoms with Crippen LogP contribution in [0, 0.1) is 5.82 Å². The molecule has 0 aromatic heterocycles. The number of halogens is 4. The molecule has 0 aliphatic carbocycles. The number of hydrogen-bond acceptors (Lipinski definition) is 3. The maximum absolute atomic E-state index is 13.8. The lowest BCUT2D eigenvalue weighted by molar-refractivity contribution is -0.143. The van der Waals surface area contributed by atoms with Gasteiger partial charge in [0.2, 0.25) is 0 Å². The lowest BCUT2D eigenvalue weighted by atomic mass is 10.2. The number of carbonyl (C=O) groups is 2. The first-order chi connectivity index (χ1) is 13.3. The van der Waals surface area contributed by atoms with Crippen molar-refractivity contribution < 1.29 is 27.2 Å². The monoisotopic (exact) mass is 395 g/mol. The molecule has 1 heterocycles. The van der Waals surface area contributed by atoms with Crippen LogP contribution in [0.15, 0.2) is 48.5 Å². The van der Waals surface area contributed by atoms with E-state index in [-0.39, 0.29) is 24.6 Å². The first-order valence-corrected chi connectivity index (χ1v) is 8.53. The molecule has 28 heavy (non-hydrogen) atoms. The molecule has 0 atom stereocenters. The van der Waals surface area contributed by atoms with Gasteiger partial charge in [0.05, 0.1) is 11.3 Å². The fraction of sp³-hybridized carbons (Fsp3) is 0.263. The van der Waals surface area contributed by atoms with E-state index >= 15 is 0 Å². The minimum atomic E-state index is -4.48. The van der Waals surface area contributed by atoms with E-state index in [9.17, 15) is 27.2 Å². The maximum atomic E-state index is 13.8. The lowest BCUT2D eigenvalue weighted by Crippen LogP contribution is -2.51. The Hall–Kier alpha value is -3.10. The Bertz CT molecular complexity index is 860. The topological polar surface area (TPSA) is 52.7 Å². The molecule has 5 nitrogen and oxygen atoms in total. The summed E-state index contributed by atoms with van der Waals surface area (Å²) >= 11 is 0. The van der Waals surface area contributed by atoms with E-state index in [1.165, 1.54) is 11.0 Å². The summed E-state index contributed by atoms with van der Waals surface area (Å²) in [5.41, 5.74) is -0.318. The molecule has 0 unspecified atom stereocenters. The van der Waals surface area contributed by atoms with Crippen LogP contribution in [0.5, 0.6) is 0 Å². The van der Waals surface area contributed by atoms with E-state index < -0.39 is 23.6 Å². The van der Waals surface area contributed by atoms with Crippen molar-refractivity contribution in [1.82, 2.24) is 4.90 Å². The molecule has 2 amide bonds. The molecule has 1 saturated heterocycles. The van der Waals surface area contributed by atoms with Gasteiger partial charge in [-0.25, -0.2) is 4.39 Å². The van der Waals surface area contributed by atoms with Crippen molar-refractivity contribution in [1.29, 1.82) is 0 Å². The molecule has 1 aliphatic heterocycles. The molecule has 148 valence electrons. The zero-order valence-corrected chi connectivity index (χ0v) is 14.7. The molecule has 1 N–H and O–H groups in total. The number of hydrogen-bond donors (Lipinski definition) is 1. The van der Waals surface area contributed by atoms with E-state index in [1.807, 2.05) is 0 Å². The van der Waals surface area contributed by atoms with Crippen LogP contribution in [0.2, 0.25) is 0 Å². The lowest BCUT2D eigenvalue weighted by Gasteiger charge is -2.35. The number of benzene rings is 2. The average Bonchev–Trinajstić information content (AvgIpc) is 2.67. The highest BCUT2D eigenvalue weighted by Gasteiger charge is 2.30. The van der Waals surface area contributed by atoms with Gasteiger partial charge < -0.3 is 15.1 Å². The minimum Gasteiger partial charge on any atom is -0.366 e. The molecule has 3 rings (SSSR count). The van der Waals surface area contributed by atoms with Crippen LogP contribution in [0.4, 0.5) is 28.9 Å². The van der Waals surface area contributed by atoms with Gasteiger partial charge in [0.15, 0.2) is 0 Å². The normalized spacial score (nSPS) is 14.7. The highest BCUT2D eigenvalue weighted by Crippen LogP contribution is 2.29. The first kappa shape index (κ1) is 19.7. The second-order valence-corrected chi connectivity index (χ2v) is 6.26. The molecule has 2 aromatic carbocycles. The summed E-state index contributed by atoms with van der Waals surface area (Å²) < 4.78 is 51.5. The van der Waals surface area contributed by atoms with Gasteiger partial charge in [-0.2, -0.15) is 13.2 Å². The number of carbonyl (C=O) groups excluding carboxylic acids is 2. The standard InChI is InChI=1S/C19H17F4N3O2/c20-15-3-1-2-4-16(15)25-9-11-26(12-10-25)18(28)17(27)24-14-7-5-13(6-8-14)19(21,22)23/h1-8H,9-12H2,(H,24,27). The van der Waals surface area contributed by atoms with Crippen molar-refractivity contribution in [2.75, 3.05) is 36.4 Å². The highest BCUT2D eigenvalue weighted by molar-refractivity contribution is 6.39. The van der Waals surface area contributed by atoms with Crippen LogP contribution in [0.25, 0.3) is 0 Å². The number of alkyl halides is 3. The molecule has 0 spiro atoms. The van der Waals surface area contributed by atoms with Crippen LogP contribution in [-0.2, 0) is 15.8 Å². The molecule has 0 radical (unpaired) electrons. The first-order valence-electron chi connectivity index (χ1n) is 8.53. The summed E-state index contributed by atoms with van der Waals surface area (Å²) in [5, 5.41) is 2.30. The van der Waals surface area contributed by atoms with Gasteiger partial charge in [0, 0.05) is 31.9 Å². The minimum absolute atomic E-state index is 0.0938. The third kappa shape index (κ3) is 4.41. The van der Waals surface area contributed by atoms with Crippen LogP contribution >= 0.6 is 0 Å². The number of amides is 2. The Balaban J connectivity index is 1.56. The van der Waals surface area contributed by atoms with Gasteiger partial charge in [0.1, 0.15) is 5.82 Å². The quantitative estimate of drug-likeness (QED) is 0.628. The molecule has 1 fully saturated rings. The van der Waals surface area contributed by atoms with E-state index in [1.54, 1.807) is 23.1 Å². The van der Waals surface area contributed by atoms with Crippen LogP contribution in [0.3, 0.4) is 0 Å². The molecule has 0 bridgehead atoms. The molecular weight excluding hydrogens is 378 g/mol. The Morgan fingerprint density at radius 1 is 0.893 bits per heavy atom. The Morgan fingerprint density at radius 3 is 2.07 bits per heavy atom. The van der Waals surface area contributed by atoms with Gasteiger partial charge in [-0.3, -0.25) is 9.59 Å². The van der Waals surface area contributed by atoms with Crippen LogP contribution in [0.1, 0.15) is 5.56 Å². The highest BCUT2D eigenvalue weighted by atomic mass is 19.4. The summed E-state index contributed by atoms with van der Waals surface area (Å²) in [6.07, 6.45) is -4.48. The smallest absolute Gasteiger partial charge is 0.366 e. The second kappa shape index (κ2) is 7.87. The number of nitrogens with one attached hydrogen (secondary N) is 1. The summed E-state index contributed by atoms with van der Waals surface area (Å²) in [6.45, 7) is 1.18. The molecule has 0 saturated carbocycles. The van der Waals surface area contributed by atoms with Crippen molar-refractivity contribution >= 4 is 23.2 Å².